The molecule has 2 aromatic carbocycles. The maximum Gasteiger partial charge on any atom is 0.119 e. The van der Waals surface area contributed by atoms with Crippen molar-refractivity contribution >= 4 is 6.08 Å². The first-order chi connectivity index (χ1) is 13.9. The highest BCUT2D eigenvalue weighted by molar-refractivity contribution is 5.57. The van der Waals surface area contributed by atoms with Gasteiger partial charge in [-0.3, -0.25) is 0 Å². The topological polar surface area (TPSA) is 32.7 Å². The fourth-order valence-corrected chi connectivity index (χ4v) is 4.63. The summed E-state index contributed by atoms with van der Waals surface area (Å²) in [7, 11) is 5.89. The first kappa shape index (κ1) is 21.6. The summed E-state index contributed by atoms with van der Waals surface area (Å²) in [5, 5.41) is 12.2. The molecule has 0 radical (unpaired) electrons. The van der Waals surface area contributed by atoms with Crippen molar-refractivity contribution in [2.45, 2.75) is 44.6 Å². The van der Waals surface area contributed by atoms with E-state index >= 15 is 0 Å². The lowest BCUT2D eigenvalue weighted by molar-refractivity contribution is 0.00516. The van der Waals surface area contributed by atoms with Crippen LogP contribution in [0.4, 0.5) is 0 Å². The highest BCUT2D eigenvalue weighted by atomic mass is 16.5. The molecule has 3 rings (SSSR count). The van der Waals surface area contributed by atoms with E-state index in [0.29, 0.717) is 6.42 Å². The van der Waals surface area contributed by atoms with Crippen molar-refractivity contribution in [1.29, 1.82) is 0 Å². The average Bonchev–Trinajstić information content (AvgIpc) is 2.82. The number of aryl methyl sites for hydroxylation is 1. The highest BCUT2D eigenvalue weighted by Crippen LogP contribution is 2.40. The maximum atomic E-state index is 12.2. The van der Waals surface area contributed by atoms with E-state index in [9.17, 15) is 5.11 Å². The van der Waals surface area contributed by atoms with Gasteiger partial charge in [0, 0.05) is 18.9 Å². The van der Waals surface area contributed by atoms with Crippen LogP contribution < -0.4 is 4.74 Å². The number of nitrogens with zero attached hydrogens (tertiary/aromatic N) is 1. The molecule has 2 aromatic rings. The van der Waals surface area contributed by atoms with E-state index in [1.165, 1.54) is 11.1 Å². The van der Waals surface area contributed by atoms with Crippen LogP contribution in [0.15, 0.2) is 54.1 Å². The van der Waals surface area contributed by atoms with Gasteiger partial charge >= 0.3 is 0 Å². The molecule has 3 nitrogen and oxygen atoms in total. The molecule has 1 fully saturated rings. The number of hydrogen-bond acceptors (Lipinski definition) is 3. The largest absolute Gasteiger partial charge is 0.497 e. The molecule has 0 spiro atoms. The van der Waals surface area contributed by atoms with Gasteiger partial charge in [0.2, 0.25) is 0 Å². The molecule has 0 heterocycles. The van der Waals surface area contributed by atoms with Crippen molar-refractivity contribution in [3.8, 4) is 5.75 Å². The van der Waals surface area contributed by atoms with Crippen LogP contribution in [0.3, 0.4) is 0 Å². The molecular weight excluding hydrogens is 358 g/mol. The average molecular weight is 394 g/mol. The minimum Gasteiger partial charge on any atom is -0.497 e. The number of hydrogen-bond donors (Lipinski definition) is 1. The minimum absolute atomic E-state index is 0.206. The monoisotopic (exact) mass is 393 g/mol. The fourth-order valence-electron chi connectivity index (χ4n) is 4.63. The lowest BCUT2D eigenvalue weighted by Crippen LogP contribution is -2.45. The summed E-state index contributed by atoms with van der Waals surface area (Å²) in [6, 6.07) is 16.7. The molecule has 156 valence electrons. The zero-order chi connectivity index (χ0) is 20.9. The molecule has 0 amide bonds. The molecule has 1 N–H and O–H groups in total. The number of aliphatic hydroxyl groups is 1. The van der Waals surface area contributed by atoms with Gasteiger partial charge in [-0.1, -0.05) is 54.5 Å². The van der Waals surface area contributed by atoms with Crippen LogP contribution in [0.25, 0.3) is 6.08 Å². The molecule has 1 aliphatic rings. The van der Waals surface area contributed by atoms with Crippen LogP contribution in [-0.2, 0) is 6.42 Å². The van der Waals surface area contributed by atoms with Gasteiger partial charge in [-0.25, -0.2) is 0 Å². The van der Waals surface area contributed by atoms with Crippen molar-refractivity contribution in [2.24, 2.45) is 5.92 Å². The van der Waals surface area contributed by atoms with Crippen LogP contribution in [0.2, 0.25) is 0 Å². The van der Waals surface area contributed by atoms with Crippen LogP contribution in [0.1, 0.15) is 42.4 Å². The molecule has 29 heavy (non-hydrogen) atoms. The van der Waals surface area contributed by atoms with E-state index in [-0.39, 0.29) is 5.92 Å². The molecular formula is C26H35NO2. The minimum atomic E-state index is -0.850. The molecule has 0 bridgehead atoms. The standard InChI is InChI=1S/C26H35NO2/c1-20-9-7-11-22(15-20)18-26(28)23(12-5-6-13-24(26)19-27(2)3)16-21-10-8-14-25(17-21)29-4/h7-11,14-17,24,28H,5-6,12-13,18-19H2,1-4H3. The van der Waals surface area contributed by atoms with Crippen molar-refractivity contribution in [2.75, 3.05) is 27.7 Å². The summed E-state index contributed by atoms with van der Waals surface area (Å²) < 4.78 is 5.40. The summed E-state index contributed by atoms with van der Waals surface area (Å²) in [4.78, 5) is 2.21. The smallest absolute Gasteiger partial charge is 0.119 e. The number of benzene rings is 2. The third kappa shape index (κ3) is 5.49. The Morgan fingerprint density at radius 1 is 1.14 bits per heavy atom. The van der Waals surface area contributed by atoms with E-state index in [1.54, 1.807) is 7.11 Å². The summed E-state index contributed by atoms with van der Waals surface area (Å²) in [6.07, 6.45) is 7.12. The number of rotatable bonds is 6. The van der Waals surface area contributed by atoms with Gasteiger partial charge in [-0.05, 0) is 69.1 Å². The predicted molar refractivity (Wildman–Crippen MR) is 121 cm³/mol. The second-order valence-corrected chi connectivity index (χ2v) is 8.74. The van der Waals surface area contributed by atoms with Crippen molar-refractivity contribution < 1.29 is 9.84 Å². The van der Waals surface area contributed by atoms with Crippen LogP contribution in [-0.4, -0.2) is 43.4 Å². The summed E-state index contributed by atoms with van der Waals surface area (Å²) in [5.41, 5.74) is 3.83. The lowest BCUT2D eigenvalue weighted by atomic mass is 9.74. The Balaban J connectivity index is 2.04. The molecule has 1 aliphatic carbocycles. The molecule has 2 unspecified atom stereocenters. The Bertz CT molecular complexity index is 842. The third-order valence-corrected chi connectivity index (χ3v) is 6.06. The SMILES string of the molecule is COc1cccc(C=C2CCCCC(CN(C)C)C2(O)Cc2cccc(C)c2)c1. The van der Waals surface area contributed by atoms with E-state index in [1.807, 2.05) is 18.2 Å². The molecule has 2 atom stereocenters. The van der Waals surface area contributed by atoms with Crippen LogP contribution >= 0.6 is 0 Å². The Morgan fingerprint density at radius 2 is 1.93 bits per heavy atom. The van der Waals surface area contributed by atoms with Crippen molar-refractivity contribution in [3.05, 3.63) is 70.8 Å². The van der Waals surface area contributed by atoms with Gasteiger partial charge in [0.25, 0.3) is 0 Å². The third-order valence-electron chi connectivity index (χ3n) is 6.06. The normalized spacial score (nSPS) is 23.9. The van der Waals surface area contributed by atoms with Crippen molar-refractivity contribution in [1.82, 2.24) is 4.90 Å². The van der Waals surface area contributed by atoms with Gasteiger partial charge in [0.1, 0.15) is 5.75 Å². The summed E-state index contributed by atoms with van der Waals surface area (Å²) in [6.45, 7) is 3.00. The molecule has 0 saturated heterocycles. The molecule has 0 aliphatic heterocycles. The summed E-state index contributed by atoms with van der Waals surface area (Å²) >= 11 is 0. The zero-order valence-corrected chi connectivity index (χ0v) is 18.3. The maximum absolute atomic E-state index is 12.2. The van der Waals surface area contributed by atoms with Gasteiger partial charge in [0.15, 0.2) is 0 Å². The zero-order valence-electron chi connectivity index (χ0n) is 18.3. The fraction of sp³-hybridized carbons (Fsp3) is 0.462. The Kier molecular flexibility index (Phi) is 7.15. The van der Waals surface area contributed by atoms with E-state index in [4.69, 9.17) is 4.74 Å². The van der Waals surface area contributed by atoms with Gasteiger partial charge in [-0.2, -0.15) is 0 Å². The second-order valence-electron chi connectivity index (χ2n) is 8.74. The predicted octanol–water partition coefficient (Wildman–Crippen LogP) is 5.11. The number of methoxy groups -OCH3 is 1. The van der Waals surface area contributed by atoms with E-state index in [0.717, 1.165) is 49.1 Å². The molecule has 1 saturated carbocycles. The van der Waals surface area contributed by atoms with E-state index < -0.39 is 5.60 Å². The Morgan fingerprint density at radius 3 is 2.66 bits per heavy atom. The van der Waals surface area contributed by atoms with Gasteiger partial charge in [-0.15, -0.1) is 0 Å². The first-order valence-corrected chi connectivity index (χ1v) is 10.7. The lowest BCUT2D eigenvalue weighted by Gasteiger charge is -2.39. The van der Waals surface area contributed by atoms with E-state index in [2.05, 4.69) is 62.3 Å². The quantitative estimate of drug-likeness (QED) is 0.692. The highest BCUT2D eigenvalue weighted by Gasteiger charge is 2.41. The second kappa shape index (κ2) is 9.60. The first-order valence-electron chi connectivity index (χ1n) is 10.7. The molecule has 3 heteroatoms. The summed E-state index contributed by atoms with van der Waals surface area (Å²) in [5.74, 6) is 1.05. The van der Waals surface area contributed by atoms with Crippen LogP contribution in [0.5, 0.6) is 5.75 Å². The van der Waals surface area contributed by atoms with Crippen molar-refractivity contribution in [3.63, 3.8) is 0 Å². The van der Waals surface area contributed by atoms with Gasteiger partial charge < -0.3 is 14.7 Å². The van der Waals surface area contributed by atoms with Gasteiger partial charge in [0.05, 0.1) is 12.7 Å². The Hall–Kier alpha value is -2.10. The Labute approximate surface area is 176 Å². The van der Waals surface area contributed by atoms with Crippen LogP contribution in [0, 0.1) is 12.8 Å². The number of ether oxygens (including phenoxy) is 1. The molecule has 0 aromatic heterocycles.